The first kappa shape index (κ1) is 14.1. The first-order chi connectivity index (χ1) is 9.19. The number of thiophene rings is 1. The van der Waals surface area contributed by atoms with Gasteiger partial charge in [-0.1, -0.05) is 0 Å². The van der Waals surface area contributed by atoms with Crippen molar-refractivity contribution < 1.29 is 23.9 Å². The van der Waals surface area contributed by atoms with Gasteiger partial charge >= 0.3 is 8.84 Å². The first-order valence-corrected chi connectivity index (χ1v) is 7.94. The van der Waals surface area contributed by atoms with Crippen molar-refractivity contribution in [2.24, 2.45) is 0 Å². The molecular formula is C10H14N2O5SSi. The third kappa shape index (κ3) is 2.83. The average Bonchev–Trinajstić information content (AvgIpc) is 2.90. The van der Waals surface area contributed by atoms with E-state index in [4.69, 9.17) is 14.7 Å². The molecule has 0 aromatic carbocycles. The number of morpholine rings is 1. The van der Waals surface area contributed by atoms with Gasteiger partial charge in [0.15, 0.2) is 0 Å². The number of carbonyl (C=O) groups excluding carboxylic acids is 1. The van der Waals surface area contributed by atoms with Gasteiger partial charge in [-0.3, -0.25) is 15.1 Å². The van der Waals surface area contributed by atoms with Crippen LogP contribution >= 0.6 is 11.3 Å². The van der Waals surface area contributed by atoms with E-state index in [1.165, 1.54) is 7.11 Å². The van der Waals surface area contributed by atoms with E-state index in [9.17, 15) is 9.26 Å². The third-order valence-electron chi connectivity index (χ3n) is 2.79. The number of hydrogen-bond acceptors (Lipinski definition) is 6. The lowest BCUT2D eigenvalue weighted by Gasteiger charge is -2.26. The summed E-state index contributed by atoms with van der Waals surface area (Å²) in [5, 5.41) is 12.0. The van der Waals surface area contributed by atoms with Crippen molar-refractivity contribution in [1.29, 1.82) is 0 Å². The summed E-state index contributed by atoms with van der Waals surface area (Å²) in [6.45, 7) is 2.08. The zero-order valence-electron chi connectivity index (χ0n) is 10.3. The van der Waals surface area contributed by atoms with Crippen LogP contribution in [0.5, 0.6) is 5.75 Å². The van der Waals surface area contributed by atoms with Gasteiger partial charge in [-0.15, -0.1) is 11.3 Å². The Morgan fingerprint density at radius 1 is 1.58 bits per heavy atom. The molecule has 0 spiro atoms. The lowest BCUT2D eigenvalue weighted by molar-refractivity contribution is 0.0301. The van der Waals surface area contributed by atoms with E-state index >= 15 is 0 Å². The van der Waals surface area contributed by atoms with Gasteiger partial charge in [0.2, 0.25) is 0 Å². The van der Waals surface area contributed by atoms with Crippen molar-refractivity contribution in [2.45, 2.75) is 0 Å². The molecule has 2 heterocycles. The lowest BCUT2D eigenvalue weighted by Crippen LogP contribution is -2.41. The Kier molecular flexibility index (Phi) is 4.64. The van der Waals surface area contributed by atoms with Crippen molar-refractivity contribution in [3.05, 3.63) is 10.9 Å². The van der Waals surface area contributed by atoms with Gasteiger partial charge in [-0.2, -0.15) is 0 Å². The predicted molar refractivity (Wildman–Crippen MR) is 68.6 cm³/mol. The number of methoxy groups -OCH3 is 1. The molecular weight excluding hydrogens is 288 g/mol. The molecule has 9 heteroatoms. The molecule has 0 radical (unpaired) electrons. The standard InChI is InChI=1S/C10H14N2O5SSi/c1-16-8-7(6-18-10(8)19(15)11-14)9(13)12-2-4-17-5-3-12/h6,11,14H,2-5H2,1H3. The topological polar surface area (TPSA) is 88.1 Å². The minimum atomic E-state index is -2.54. The van der Waals surface area contributed by atoms with Crippen molar-refractivity contribution in [3.63, 3.8) is 0 Å². The predicted octanol–water partition coefficient (Wildman–Crippen LogP) is -0.666. The SMILES string of the molecule is COc1c(C(=O)N2CCOCC2)csc1[Si](=O)NO. The van der Waals surface area contributed by atoms with Crippen LogP contribution in [0.15, 0.2) is 5.38 Å². The number of nitrogens with zero attached hydrogens (tertiary/aromatic N) is 1. The Hall–Kier alpha value is -1.29. The summed E-state index contributed by atoms with van der Waals surface area (Å²) in [6.07, 6.45) is 0. The van der Waals surface area contributed by atoms with Crippen LogP contribution in [-0.2, 0) is 9.20 Å². The molecule has 2 rings (SSSR count). The Morgan fingerprint density at radius 3 is 2.84 bits per heavy atom. The average molecular weight is 302 g/mol. The number of nitrogens with one attached hydrogen (secondary N) is 1. The number of ether oxygens (including phenoxy) is 2. The lowest BCUT2D eigenvalue weighted by atomic mass is 10.2. The quantitative estimate of drug-likeness (QED) is 0.567. The normalized spacial score (nSPS) is 15.2. The number of amides is 1. The molecule has 19 heavy (non-hydrogen) atoms. The van der Waals surface area contributed by atoms with Gasteiger partial charge in [0.25, 0.3) is 5.91 Å². The minimum Gasteiger partial charge on any atom is -0.495 e. The van der Waals surface area contributed by atoms with Gasteiger partial charge < -0.3 is 18.8 Å². The van der Waals surface area contributed by atoms with Crippen LogP contribution in [0.3, 0.4) is 0 Å². The van der Waals surface area contributed by atoms with Crippen molar-refractivity contribution in [3.8, 4) is 5.75 Å². The largest absolute Gasteiger partial charge is 0.495 e. The molecule has 0 bridgehead atoms. The maximum Gasteiger partial charge on any atom is 0.467 e. The fraction of sp³-hybridized carbons (Fsp3) is 0.500. The van der Waals surface area contributed by atoms with Crippen LogP contribution in [0.4, 0.5) is 0 Å². The molecule has 1 aromatic rings. The summed E-state index contributed by atoms with van der Waals surface area (Å²) in [5.74, 6) is 0.0994. The zero-order chi connectivity index (χ0) is 13.8. The van der Waals surface area contributed by atoms with Crippen molar-refractivity contribution in [1.82, 2.24) is 10.0 Å². The second-order valence-electron chi connectivity index (χ2n) is 3.86. The van der Waals surface area contributed by atoms with E-state index in [-0.39, 0.29) is 11.7 Å². The van der Waals surface area contributed by atoms with Crippen LogP contribution in [0.25, 0.3) is 0 Å². The van der Waals surface area contributed by atoms with Crippen LogP contribution in [0, 0.1) is 0 Å². The fourth-order valence-corrected chi connectivity index (χ4v) is 3.87. The maximum absolute atomic E-state index is 12.3. The van der Waals surface area contributed by atoms with Crippen LogP contribution in [0.2, 0.25) is 0 Å². The summed E-state index contributed by atoms with van der Waals surface area (Å²) in [7, 11) is -1.13. The Bertz CT molecular complexity index is 486. The Labute approximate surface area is 115 Å². The van der Waals surface area contributed by atoms with Crippen LogP contribution < -0.4 is 14.4 Å². The maximum atomic E-state index is 12.3. The van der Waals surface area contributed by atoms with Gasteiger partial charge in [0.1, 0.15) is 10.2 Å². The van der Waals surface area contributed by atoms with E-state index in [1.54, 1.807) is 15.4 Å². The molecule has 104 valence electrons. The molecule has 0 atom stereocenters. The van der Waals surface area contributed by atoms with Crippen molar-refractivity contribution >= 4 is 30.6 Å². The summed E-state index contributed by atoms with van der Waals surface area (Å²) in [6, 6.07) is 0. The van der Waals surface area contributed by atoms with E-state index in [0.29, 0.717) is 36.4 Å². The third-order valence-corrected chi connectivity index (χ3v) is 5.31. The fourth-order valence-electron chi connectivity index (χ4n) is 1.84. The molecule has 7 nitrogen and oxygen atoms in total. The van der Waals surface area contributed by atoms with E-state index < -0.39 is 8.84 Å². The second kappa shape index (κ2) is 6.24. The van der Waals surface area contributed by atoms with Crippen LogP contribution in [0.1, 0.15) is 10.4 Å². The summed E-state index contributed by atoms with van der Waals surface area (Å²) in [5.41, 5.74) is 0.373. The second-order valence-corrected chi connectivity index (χ2v) is 6.48. The number of rotatable bonds is 4. The van der Waals surface area contributed by atoms with Gasteiger partial charge in [-0.25, -0.2) is 0 Å². The highest BCUT2D eigenvalue weighted by atomic mass is 32.1. The molecule has 1 aliphatic heterocycles. The van der Waals surface area contributed by atoms with Gasteiger partial charge in [0, 0.05) is 18.5 Å². The molecule has 1 aromatic heterocycles. The molecule has 0 aliphatic carbocycles. The van der Waals surface area contributed by atoms with Crippen molar-refractivity contribution in [2.75, 3.05) is 33.4 Å². The summed E-state index contributed by atoms with van der Waals surface area (Å²) in [4.78, 5) is 14.0. The Morgan fingerprint density at radius 2 is 2.26 bits per heavy atom. The molecule has 2 N–H and O–H groups in total. The summed E-state index contributed by atoms with van der Waals surface area (Å²) >= 11 is 1.13. The molecule has 1 aliphatic rings. The minimum absolute atomic E-state index is 0.171. The molecule has 0 unspecified atom stereocenters. The highest BCUT2D eigenvalue weighted by Crippen LogP contribution is 2.22. The smallest absolute Gasteiger partial charge is 0.467 e. The molecule has 1 amide bonds. The number of carbonyl (C=O) groups is 1. The monoisotopic (exact) mass is 302 g/mol. The van der Waals surface area contributed by atoms with Gasteiger partial charge in [-0.05, 0) is 0 Å². The molecule has 1 fully saturated rings. The first-order valence-electron chi connectivity index (χ1n) is 5.66. The highest BCUT2D eigenvalue weighted by molar-refractivity contribution is 7.21. The molecule has 1 saturated heterocycles. The van der Waals surface area contributed by atoms with Gasteiger partial charge in [0.05, 0.1) is 25.9 Å². The highest BCUT2D eigenvalue weighted by Gasteiger charge is 2.28. The zero-order valence-corrected chi connectivity index (χ0v) is 12.2. The van der Waals surface area contributed by atoms with Crippen LogP contribution in [-0.4, -0.2) is 58.3 Å². The number of hydrogen-bond donors (Lipinski definition) is 2. The van der Waals surface area contributed by atoms with E-state index in [1.807, 2.05) is 0 Å². The summed E-state index contributed by atoms with van der Waals surface area (Å²) < 4.78 is 22.3. The van der Waals surface area contributed by atoms with E-state index in [0.717, 1.165) is 11.3 Å². The van der Waals surface area contributed by atoms with E-state index in [2.05, 4.69) is 0 Å². The Balaban J connectivity index is 2.26. The molecule has 0 saturated carbocycles.